The Kier molecular flexibility index (Phi) is 4.60. The monoisotopic (exact) mass is 395 g/mol. The summed E-state index contributed by atoms with van der Waals surface area (Å²) in [7, 11) is -3.72. The van der Waals surface area contributed by atoms with E-state index in [4.69, 9.17) is 0 Å². The Hall–Kier alpha value is -3.19. The standard InChI is InChI=1S/C21H18FN3O2S/c1-15-5-4-12-25-13-20(23-21(15)25)16-8-10-18(11-9-16)24-28(26,27)14-17-6-2-3-7-19(17)22/h2-13,24H,14H2,1H3. The maximum atomic E-state index is 13.7. The van der Waals surface area contributed by atoms with Gasteiger partial charge >= 0.3 is 0 Å². The number of pyridine rings is 1. The summed E-state index contributed by atoms with van der Waals surface area (Å²) in [6.45, 7) is 2.00. The number of halogens is 1. The van der Waals surface area contributed by atoms with E-state index in [0.29, 0.717) is 5.69 Å². The summed E-state index contributed by atoms with van der Waals surface area (Å²) in [5.74, 6) is -0.960. The van der Waals surface area contributed by atoms with E-state index in [1.165, 1.54) is 18.2 Å². The first-order valence-corrected chi connectivity index (χ1v) is 10.4. The first kappa shape index (κ1) is 18.2. The average Bonchev–Trinajstić information content (AvgIpc) is 3.09. The maximum Gasteiger partial charge on any atom is 0.237 e. The largest absolute Gasteiger partial charge is 0.306 e. The molecule has 0 aliphatic carbocycles. The summed E-state index contributed by atoms with van der Waals surface area (Å²) in [5, 5.41) is 0. The highest BCUT2D eigenvalue weighted by Crippen LogP contribution is 2.23. The molecule has 5 nitrogen and oxygen atoms in total. The van der Waals surface area contributed by atoms with E-state index in [9.17, 15) is 12.8 Å². The number of sulfonamides is 1. The molecule has 2 aromatic heterocycles. The van der Waals surface area contributed by atoms with Gasteiger partial charge in [-0.25, -0.2) is 17.8 Å². The number of hydrogen-bond donors (Lipinski definition) is 1. The van der Waals surface area contributed by atoms with Gasteiger partial charge in [-0.15, -0.1) is 0 Å². The molecule has 7 heteroatoms. The fourth-order valence-corrected chi connectivity index (χ4v) is 4.25. The number of benzene rings is 2. The molecule has 28 heavy (non-hydrogen) atoms. The minimum Gasteiger partial charge on any atom is -0.306 e. The summed E-state index contributed by atoms with van der Waals surface area (Å²) in [6, 6.07) is 16.8. The molecule has 1 N–H and O–H groups in total. The molecular weight excluding hydrogens is 377 g/mol. The van der Waals surface area contributed by atoms with Crippen LogP contribution in [0.3, 0.4) is 0 Å². The Labute approximate surface area is 162 Å². The predicted molar refractivity (Wildman–Crippen MR) is 108 cm³/mol. The highest BCUT2D eigenvalue weighted by Gasteiger charge is 2.15. The topological polar surface area (TPSA) is 63.5 Å². The van der Waals surface area contributed by atoms with Crippen LogP contribution >= 0.6 is 0 Å². The second kappa shape index (κ2) is 7.09. The van der Waals surface area contributed by atoms with Gasteiger partial charge in [0.15, 0.2) is 0 Å². The Morgan fingerprint density at radius 3 is 2.50 bits per heavy atom. The van der Waals surface area contributed by atoms with E-state index in [0.717, 1.165) is 22.5 Å². The quantitative estimate of drug-likeness (QED) is 0.545. The minimum absolute atomic E-state index is 0.131. The molecule has 142 valence electrons. The zero-order chi connectivity index (χ0) is 19.7. The molecule has 0 saturated heterocycles. The first-order valence-electron chi connectivity index (χ1n) is 8.70. The number of nitrogens with one attached hydrogen (secondary N) is 1. The van der Waals surface area contributed by atoms with Crippen molar-refractivity contribution in [1.82, 2.24) is 9.38 Å². The summed E-state index contributed by atoms with van der Waals surface area (Å²) in [6.07, 6.45) is 3.86. The van der Waals surface area contributed by atoms with Crippen molar-refractivity contribution in [3.8, 4) is 11.3 Å². The van der Waals surface area contributed by atoms with Gasteiger partial charge in [-0.3, -0.25) is 4.72 Å². The molecule has 2 aromatic carbocycles. The van der Waals surface area contributed by atoms with Gasteiger partial charge in [-0.2, -0.15) is 0 Å². The van der Waals surface area contributed by atoms with E-state index >= 15 is 0 Å². The Balaban J connectivity index is 1.54. The normalized spacial score (nSPS) is 11.6. The van der Waals surface area contributed by atoms with Crippen LogP contribution in [0, 0.1) is 12.7 Å². The molecule has 4 aromatic rings. The highest BCUT2D eigenvalue weighted by molar-refractivity contribution is 7.91. The molecule has 0 aliphatic heterocycles. The van der Waals surface area contributed by atoms with Crippen molar-refractivity contribution in [2.24, 2.45) is 0 Å². The zero-order valence-electron chi connectivity index (χ0n) is 15.1. The molecule has 0 amide bonds. The van der Waals surface area contributed by atoms with Crippen LogP contribution in [0.2, 0.25) is 0 Å². The van der Waals surface area contributed by atoms with Crippen molar-refractivity contribution < 1.29 is 12.8 Å². The van der Waals surface area contributed by atoms with Crippen LogP contribution < -0.4 is 4.72 Å². The van der Waals surface area contributed by atoms with Crippen LogP contribution in [0.4, 0.5) is 10.1 Å². The third kappa shape index (κ3) is 3.75. The lowest BCUT2D eigenvalue weighted by Gasteiger charge is -2.09. The number of anilines is 1. The number of rotatable bonds is 5. The minimum atomic E-state index is -3.72. The van der Waals surface area contributed by atoms with Gasteiger partial charge in [0.2, 0.25) is 10.0 Å². The molecule has 0 atom stereocenters. The van der Waals surface area contributed by atoms with Crippen molar-refractivity contribution in [3.05, 3.63) is 90.0 Å². The van der Waals surface area contributed by atoms with E-state index in [2.05, 4.69) is 9.71 Å². The second-order valence-corrected chi connectivity index (χ2v) is 8.30. The zero-order valence-corrected chi connectivity index (χ0v) is 15.9. The van der Waals surface area contributed by atoms with Gasteiger partial charge in [0, 0.05) is 29.2 Å². The summed E-state index contributed by atoms with van der Waals surface area (Å²) in [4.78, 5) is 4.63. The molecule has 0 fully saturated rings. The lowest BCUT2D eigenvalue weighted by atomic mass is 10.1. The molecule has 0 bridgehead atoms. The van der Waals surface area contributed by atoms with E-state index < -0.39 is 21.6 Å². The Bertz CT molecular complexity index is 1250. The van der Waals surface area contributed by atoms with Crippen molar-refractivity contribution in [3.63, 3.8) is 0 Å². The fourth-order valence-electron chi connectivity index (χ4n) is 3.04. The van der Waals surface area contributed by atoms with Gasteiger partial charge < -0.3 is 4.40 Å². The number of aromatic nitrogens is 2. The van der Waals surface area contributed by atoms with Crippen LogP contribution in [-0.2, 0) is 15.8 Å². The predicted octanol–water partition coefficient (Wildman–Crippen LogP) is 4.39. The van der Waals surface area contributed by atoms with Gasteiger partial charge in [0.05, 0.1) is 11.4 Å². The van der Waals surface area contributed by atoms with Crippen LogP contribution in [0.15, 0.2) is 73.1 Å². The molecule has 0 saturated carbocycles. The van der Waals surface area contributed by atoms with Crippen molar-refractivity contribution in [2.75, 3.05) is 4.72 Å². The maximum absolute atomic E-state index is 13.7. The third-order valence-corrected chi connectivity index (χ3v) is 5.67. The fraction of sp³-hybridized carbons (Fsp3) is 0.0952. The van der Waals surface area contributed by atoms with Crippen molar-refractivity contribution in [2.45, 2.75) is 12.7 Å². The van der Waals surface area contributed by atoms with E-state index in [1.54, 1.807) is 30.3 Å². The Morgan fingerprint density at radius 1 is 1.04 bits per heavy atom. The summed E-state index contributed by atoms with van der Waals surface area (Å²) >= 11 is 0. The SMILES string of the molecule is Cc1cccn2cc(-c3ccc(NS(=O)(=O)Cc4ccccc4F)cc3)nc12. The van der Waals surface area contributed by atoms with Gasteiger partial charge in [0.1, 0.15) is 11.5 Å². The number of nitrogens with zero attached hydrogens (tertiary/aromatic N) is 2. The van der Waals surface area contributed by atoms with Gasteiger partial charge in [-0.05, 0) is 36.8 Å². The molecule has 0 aliphatic rings. The third-order valence-electron chi connectivity index (χ3n) is 4.44. The second-order valence-electron chi connectivity index (χ2n) is 6.58. The molecule has 2 heterocycles. The number of imidazole rings is 1. The number of hydrogen-bond acceptors (Lipinski definition) is 3. The molecule has 0 radical (unpaired) electrons. The van der Waals surface area contributed by atoms with Crippen molar-refractivity contribution in [1.29, 1.82) is 0 Å². The number of aryl methyl sites for hydroxylation is 1. The molecule has 0 unspecified atom stereocenters. The average molecular weight is 395 g/mol. The lowest BCUT2D eigenvalue weighted by Crippen LogP contribution is -2.15. The summed E-state index contributed by atoms with van der Waals surface area (Å²) in [5.41, 5.74) is 4.18. The first-order chi connectivity index (χ1) is 13.4. The van der Waals surface area contributed by atoms with E-state index in [1.807, 2.05) is 35.9 Å². The highest BCUT2D eigenvalue weighted by atomic mass is 32.2. The van der Waals surface area contributed by atoms with Gasteiger partial charge in [0.25, 0.3) is 0 Å². The van der Waals surface area contributed by atoms with Crippen LogP contribution in [-0.4, -0.2) is 17.8 Å². The van der Waals surface area contributed by atoms with Crippen LogP contribution in [0.1, 0.15) is 11.1 Å². The Morgan fingerprint density at radius 2 is 1.79 bits per heavy atom. The number of fused-ring (bicyclic) bond motifs is 1. The lowest BCUT2D eigenvalue weighted by molar-refractivity contribution is 0.591. The van der Waals surface area contributed by atoms with E-state index in [-0.39, 0.29) is 5.56 Å². The molecular formula is C21H18FN3O2S. The summed E-state index contributed by atoms with van der Waals surface area (Å²) < 4.78 is 42.8. The molecule has 0 spiro atoms. The van der Waals surface area contributed by atoms with Gasteiger partial charge in [-0.1, -0.05) is 36.4 Å². The van der Waals surface area contributed by atoms with Crippen LogP contribution in [0.25, 0.3) is 16.9 Å². The van der Waals surface area contributed by atoms with Crippen LogP contribution in [0.5, 0.6) is 0 Å². The smallest absolute Gasteiger partial charge is 0.237 e. The molecule has 4 rings (SSSR count). The van der Waals surface area contributed by atoms with Crippen molar-refractivity contribution >= 4 is 21.4 Å².